The topological polar surface area (TPSA) is 30.5 Å². The van der Waals surface area contributed by atoms with E-state index in [0.29, 0.717) is 12.1 Å². The summed E-state index contributed by atoms with van der Waals surface area (Å²) in [5.74, 6) is 2.79. The van der Waals surface area contributed by atoms with Crippen LogP contribution in [0.3, 0.4) is 0 Å². The highest BCUT2D eigenvalue weighted by Crippen LogP contribution is 2.33. The van der Waals surface area contributed by atoms with Crippen LogP contribution in [0.15, 0.2) is 18.2 Å². The number of benzene rings is 1. The van der Waals surface area contributed by atoms with E-state index < -0.39 is 0 Å². The minimum absolute atomic E-state index is 0.327. The summed E-state index contributed by atoms with van der Waals surface area (Å²) in [5.41, 5.74) is 1.25. The fourth-order valence-electron chi connectivity index (χ4n) is 3.07. The van der Waals surface area contributed by atoms with E-state index in [0.717, 1.165) is 16.7 Å². The molecular formula is C17H27NO2S. The summed E-state index contributed by atoms with van der Waals surface area (Å²) < 4.78 is 10.7. The summed E-state index contributed by atoms with van der Waals surface area (Å²) in [6.07, 6.45) is 3.97. The zero-order chi connectivity index (χ0) is 15.2. The molecule has 0 radical (unpaired) electrons. The first-order valence-electron chi connectivity index (χ1n) is 7.79. The standard InChI is InChI=1S/C17H27NO2S/c1-5-21-17-8-6-7-14(17)18-12(2)13-9-10-15(19-3)16(11-13)20-4/h9-12,14,17-18H,5-8H2,1-4H3. The van der Waals surface area contributed by atoms with E-state index in [4.69, 9.17) is 9.47 Å². The highest BCUT2D eigenvalue weighted by atomic mass is 32.2. The van der Waals surface area contributed by atoms with Crippen LogP contribution < -0.4 is 14.8 Å². The van der Waals surface area contributed by atoms with Crippen LogP contribution in [-0.4, -0.2) is 31.3 Å². The zero-order valence-electron chi connectivity index (χ0n) is 13.5. The first-order valence-corrected chi connectivity index (χ1v) is 8.84. The van der Waals surface area contributed by atoms with Crippen molar-refractivity contribution in [3.63, 3.8) is 0 Å². The van der Waals surface area contributed by atoms with Crippen LogP contribution in [0.25, 0.3) is 0 Å². The molecule has 118 valence electrons. The monoisotopic (exact) mass is 309 g/mol. The molecule has 1 N–H and O–H groups in total. The van der Waals surface area contributed by atoms with E-state index in [1.54, 1.807) is 14.2 Å². The van der Waals surface area contributed by atoms with Gasteiger partial charge in [-0.1, -0.05) is 19.4 Å². The van der Waals surface area contributed by atoms with Crippen molar-refractivity contribution in [2.24, 2.45) is 0 Å². The number of ether oxygens (including phenoxy) is 2. The molecule has 1 fully saturated rings. The lowest BCUT2D eigenvalue weighted by Gasteiger charge is -2.25. The SMILES string of the molecule is CCSC1CCCC1NC(C)c1ccc(OC)c(OC)c1. The Morgan fingerprint density at radius 3 is 2.67 bits per heavy atom. The van der Waals surface area contributed by atoms with Crippen molar-refractivity contribution in [3.05, 3.63) is 23.8 Å². The first-order chi connectivity index (χ1) is 10.2. The molecule has 1 aromatic rings. The maximum Gasteiger partial charge on any atom is 0.161 e. The highest BCUT2D eigenvalue weighted by Gasteiger charge is 2.28. The van der Waals surface area contributed by atoms with Crippen molar-refractivity contribution in [2.75, 3.05) is 20.0 Å². The first kappa shape index (κ1) is 16.5. The van der Waals surface area contributed by atoms with E-state index in [9.17, 15) is 0 Å². The Morgan fingerprint density at radius 1 is 1.24 bits per heavy atom. The predicted molar refractivity (Wildman–Crippen MR) is 90.7 cm³/mol. The van der Waals surface area contributed by atoms with Gasteiger partial charge in [0, 0.05) is 17.3 Å². The third kappa shape index (κ3) is 4.07. The number of nitrogens with one attached hydrogen (secondary N) is 1. The van der Waals surface area contributed by atoms with E-state index in [-0.39, 0.29) is 0 Å². The molecular weight excluding hydrogens is 282 g/mol. The highest BCUT2D eigenvalue weighted by molar-refractivity contribution is 7.99. The summed E-state index contributed by atoms with van der Waals surface area (Å²) in [6.45, 7) is 4.48. The van der Waals surface area contributed by atoms with Gasteiger partial charge < -0.3 is 14.8 Å². The van der Waals surface area contributed by atoms with Gasteiger partial charge in [0.1, 0.15) is 0 Å². The maximum atomic E-state index is 5.40. The molecule has 1 aliphatic rings. The summed E-state index contributed by atoms with van der Waals surface area (Å²) in [4.78, 5) is 0. The molecule has 0 spiro atoms. The molecule has 0 heterocycles. The molecule has 3 nitrogen and oxygen atoms in total. The lowest BCUT2D eigenvalue weighted by molar-refractivity contribution is 0.353. The lowest BCUT2D eigenvalue weighted by Crippen LogP contribution is -2.36. The Morgan fingerprint density at radius 2 is 2.00 bits per heavy atom. The fourth-order valence-corrected chi connectivity index (χ4v) is 4.28. The van der Waals surface area contributed by atoms with Crippen LogP contribution in [0.5, 0.6) is 11.5 Å². The van der Waals surface area contributed by atoms with Crippen LogP contribution in [-0.2, 0) is 0 Å². The third-order valence-electron chi connectivity index (χ3n) is 4.20. The van der Waals surface area contributed by atoms with Gasteiger partial charge in [0.05, 0.1) is 14.2 Å². The molecule has 1 saturated carbocycles. The van der Waals surface area contributed by atoms with E-state index >= 15 is 0 Å². The van der Waals surface area contributed by atoms with Gasteiger partial charge in [-0.15, -0.1) is 0 Å². The molecule has 3 unspecified atom stereocenters. The molecule has 0 aromatic heterocycles. The summed E-state index contributed by atoms with van der Waals surface area (Å²) in [6, 6.07) is 7.13. The minimum atomic E-state index is 0.327. The molecule has 0 amide bonds. The zero-order valence-corrected chi connectivity index (χ0v) is 14.3. The second-order valence-corrected chi connectivity index (χ2v) is 7.05. The number of methoxy groups -OCH3 is 2. The Hall–Kier alpha value is -0.870. The van der Waals surface area contributed by atoms with Gasteiger partial charge in [0.25, 0.3) is 0 Å². The number of thioether (sulfide) groups is 1. The van der Waals surface area contributed by atoms with Gasteiger partial charge in [-0.2, -0.15) is 11.8 Å². The van der Waals surface area contributed by atoms with Crippen LogP contribution in [0.2, 0.25) is 0 Å². The van der Waals surface area contributed by atoms with Gasteiger partial charge >= 0.3 is 0 Å². The largest absolute Gasteiger partial charge is 0.493 e. The van der Waals surface area contributed by atoms with Crippen molar-refractivity contribution >= 4 is 11.8 Å². The molecule has 0 saturated heterocycles. The van der Waals surface area contributed by atoms with Gasteiger partial charge in [-0.3, -0.25) is 0 Å². The second-order valence-electron chi connectivity index (χ2n) is 5.53. The average molecular weight is 309 g/mol. The fraction of sp³-hybridized carbons (Fsp3) is 0.647. The predicted octanol–water partition coefficient (Wildman–Crippen LogP) is 4.03. The lowest BCUT2D eigenvalue weighted by atomic mass is 10.1. The van der Waals surface area contributed by atoms with Crippen molar-refractivity contribution in [2.45, 2.75) is 50.4 Å². The van der Waals surface area contributed by atoms with Gasteiger partial charge in [-0.25, -0.2) is 0 Å². The molecule has 0 aliphatic heterocycles. The molecule has 4 heteroatoms. The minimum Gasteiger partial charge on any atom is -0.493 e. The Balaban J connectivity index is 2.04. The van der Waals surface area contributed by atoms with Crippen LogP contribution in [0.1, 0.15) is 44.7 Å². The van der Waals surface area contributed by atoms with Crippen LogP contribution in [0, 0.1) is 0 Å². The normalized spacial score (nSPS) is 23.0. The molecule has 3 atom stereocenters. The van der Waals surface area contributed by atoms with Gasteiger partial charge in [0.2, 0.25) is 0 Å². The van der Waals surface area contributed by atoms with Gasteiger partial charge in [-0.05, 0) is 43.2 Å². The Bertz CT molecular complexity index is 452. The van der Waals surface area contributed by atoms with Gasteiger partial charge in [0.15, 0.2) is 11.5 Å². The smallest absolute Gasteiger partial charge is 0.161 e. The quantitative estimate of drug-likeness (QED) is 0.824. The Labute approximate surface area is 132 Å². The number of hydrogen-bond acceptors (Lipinski definition) is 4. The Kier molecular flexibility index (Phi) is 6.24. The van der Waals surface area contributed by atoms with Crippen molar-refractivity contribution in [3.8, 4) is 11.5 Å². The third-order valence-corrected chi connectivity index (χ3v) is 5.53. The molecule has 2 rings (SSSR count). The second kappa shape index (κ2) is 7.95. The van der Waals surface area contributed by atoms with Crippen LogP contribution >= 0.6 is 11.8 Å². The van der Waals surface area contributed by atoms with Crippen molar-refractivity contribution < 1.29 is 9.47 Å². The molecule has 0 bridgehead atoms. The van der Waals surface area contributed by atoms with E-state index in [1.807, 2.05) is 6.07 Å². The molecule has 21 heavy (non-hydrogen) atoms. The molecule has 1 aromatic carbocycles. The summed E-state index contributed by atoms with van der Waals surface area (Å²) in [5, 5.41) is 4.56. The number of rotatable bonds is 7. The van der Waals surface area contributed by atoms with Crippen molar-refractivity contribution in [1.29, 1.82) is 0 Å². The number of hydrogen-bond donors (Lipinski definition) is 1. The van der Waals surface area contributed by atoms with E-state index in [2.05, 4.69) is 43.1 Å². The van der Waals surface area contributed by atoms with E-state index in [1.165, 1.54) is 30.6 Å². The van der Waals surface area contributed by atoms with Crippen molar-refractivity contribution in [1.82, 2.24) is 5.32 Å². The average Bonchev–Trinajstić information content (AvgIpc) is 2.94. The maximum absolute atomic E-state index is 5.40. The summed E-state index contributed by atoms with van der Waals surface area (Å²) >= 11 is 2.09. The molecule has 1 aliphatic carbocycles. The summed E-state index contributed by atoms with van der Waals surface area (Å²) in [7, 11) is 3.36. The van der Waals surface area contributed by atoms with Crippen LogP contribution in [0.4, 0.5) is 0 Å².